The van der Waals surface area contributed by atoms with Crippen molar-refractivity contribution in [1.82, 2.24) is 4.90 Å². The number of carbonyl (C=O) groups excluding carboxylic acids is 1. The molecule has 0 saturated heterocycles. The van der Waals surface area contributed by atoms with E-state index in [4.69, 9.17) is 9.47 Å². The van der Waals surface area contributed by atoms with Gasteiger partial charge < -0.3 is 14.4 Å². The quantitative estimate of drug-likeness (QED) is 0.732. The van der Waals surface area contributed by atoms with Gasteiger partial charge in [-0.3, -0.25) is 4.79 Å². The van der Waals surface area contributed by atoms with Gasteiger partial charge in [-0.05, 0) is 41.0 Å². The fraction of sp³-hybridized carbons (Fsp3) is 0.208. The molecule has 0 atom stereocenters. The highest BCUT2D eigenvalue weighted by molar-refractivity contribution is 6.13. The van der Waals surface area contributed by atoms with Gasteiger partial charge in [-0.2, -0.15) is 0 Å². The van der Waals surface area contributed by atoms with Crippen LogP contribution in [0.15, 0.2) is 78.0 Å². The van der Waals surface area contributed by atoms with E-state index in [0.29, 0.717) is 23.5 Å². The second-order valence-corrected chi connectivity index (χ2v) is 6.97. The number of methoxy groups -OCH3 is 2. The number of carbonyl (C=O) groups is 1. The number of Topliss-reactive ketones (excluding diaryl/α,β-unsaturated/α-hetero) is 1. The third-order valence-electron chi connectivity index (χ3n) is 5.14. The molecule has 1 aliphatic carbocycles. The highest BCUT2D eigenvalue weighted by Crippen LogP contribution is 2.36. The summed E-state index contributed by atoms with van der Waals surface area (Å²) in [4.78, 5) is 15.1. The molecule has 0 radical (unpaired) electrons. The minimum Gasteiger partial charge on any atom is -0.493 e. The predicted octanol–water partition coefficient (Wildman–Crippen LogP) is 4.32. The molecule has 0 bridgehead atoms. The number of hydrogen-bond acceptors (Lipinski definition) is 4. The Balaban J connectivity index is 1.48. The standard InChI is InChI=1S/C24H23NO3/c1-27-22-14-19-13-20(24(26)21(19)15-23(22)28-2)12-17-8-10-25(11-9-17)16-18-6-4-3-5-7-18/h3-10,12,14-15H,11,13,16H2,1-2H3. The molecule has 4 nitrogen and oxygen atoms in total. The molecular formula is C24H23NO3. The lowest BCUT2D eigenvalue weighted by Gasteiger charge is -2.22. The van der Waals surface area contributed by atoms with E-state index < -0.39 is 0 Å². The average Bonchev–Trinajstić information content (AvgIpc) is 3.03. The minimum atomic E-state index is 0.0666. The first-order valence-electron chi connectivity index (χ1n) is 9.34. The van der Waals surface area contributed by atoms with Crippen LogP contribution < -0.4 is 9.47 Å². The number of fused-ring (bicyclic) bond motifs is 1. The van der Waals surface area contributed by atoms with Gasteiger partial charge in [0.25, 0.3) is 0 Å². The highest BCUT2D eigenvalue weighted by Gasteiger charge is 2.27. The third kappa shape index (κ3) is 3.58. The molecule has 0 spiro atoms. The molecule has 142 valence electrons. The molecule has 4 rings (SSSR count). The molecule has 0 fully saturated rings. The van der Waals surface area contributed by atoms with Gasteiger partial charge in [0.2, 0.25) is 0 Å². The van der Waals surface area contributed by atoms with Gasteiger partial charge in [-0.15, -0.1) is 0 Å². The van der Waals surface area contributed by atoms with Crippen LogP contribution in [0.4, 0.5) is 0 Å². The largest absolute Gasteiger partial charge is 0.493 e. The predicted molar refractivity (Wildman–Crippen MR) is 110 cm³/mol. The Morgan fingerprint density at radius 3 is 2.50 bits per heavy atom. The van der Waals surface area contributed by atoms with Gasteiger partial charge in [-0.25, -0.2) is 0 Å². The number of rotatable bonds is 5. The molecule has 28 heavy (non-hydrogen) atoms. The Bertz CT molecular complexity index is 986. The van der Waals surface area contributed by atoms with E-state index in [9.17, 15) is 4.79 Å². The molecule has 2 aliphatic rings. The van der Waals surface area contributed by atoms with Crippen LogP contribution in [0.3, 0.4) is 0 Å². The van der Waals surface area contributed by atoms with Crippen LogP contribution in [0.25, 0.3) is 0 Å². The molecule has 1 heterocycles. The zero-order valence-electron chi connectivity index (χ0n) is 16.1. The summed E-state index contributed by atoms with van der Waals surface area (Å²) in [5.41, 5.74) is 4.85. The second-order valence-electron chi connectivity index (χ2n) is 6.97. The Labute approximate surface area is 165 Å². The summed E-state index contributed by atoms with van der Waals surface area (Å²) >= 11 is 0. The van der Waals surface area contributed by atoms with Gasteiger partial charge in [0, 0.05) is 36.8 Å². The number of ketones is 1. The van der Waals surface area contributed by atoms with Crippen molar-refractivity contribution in [2.45, 2.75) is 13.0 Å². The van der Waals surface area contributed by atoms with Crippen LogP contribution in [0.2, 0.25) is 0 Å². The van der Waals surface area contributed by atoms with Crippen LogP contribution >= 0.6 is 0 Å². The maximum atomic E-state index is 12.8. The smallest absolute Gasteiger partial charge is 0.189 e. The molecular weight excluding hydrogens is 350 g/mol. The fourth-order valence-electron chi connectivity index (χ4n) is 3.64. The van der Waals surface area contributed by atoms with E-state index in [1.807, 2.05) is 18.2 Å². The van der Waals surface area contributed by atoms with E-state index in [0.717, 1.165) is 29.8 Å². The van der Waals surface area contributed by atoms with Gasteiger partial charge in [0.15, 0.2) is 17.3 Å². The summed E-state index contributed by atoms with van der Waals surface area (Å²) in [6.45, 7) is 1.70. The summed E-state index contributed by atoms with van der Waals surface area (Å²) in [6.07, 6.45) is 8.94. The van der Waals surface area contributed by atoms with E-state index in [1.165, 1.54) is 5.56 Å². The van der Waals surface area contributed by atoms with Crippen LogP contribution in [0, 0.1) is 0 Å². The van der Waals surface area contributed by atoms with E-state index in [2.05, 4.69) is 47.5 Å². The lowest BCUT2D eigenvalue weighted by molar-refractivity contribution is 0.103. The molecule has 1 aliphatic heterocycles. The molecule has 0 aromatic heterocycles. The van der Waals surface area contributed by atoms with E-state index in [-0.39, 0.29) is 5.78 Å². The molecule has 0 unspecified atom stereocenters. The second kappa shape index (κ2) is 7.77. The Hall–Kier alpha value is -3.27. The van der Waals surface area contributed by atoms with Crippen molar-refractivity contribution < 1.29 is 14.3 Å². The number of ether oxygens (including phenoxy) is 2. The monoisotopic (exact) mass is 373 g/mol. The number of nitrogens with zero attached hydrogens (tertiary/aromatic N) is 1. The van der Waals surface area contributed by atoms with E-state index in [1.54, 1.807) is 20.3 Å². The first kappa shape index (κ1) is 18.1. The van der Waals surface area contributed by atoms with Crippen molar-refractivity contribution in [3.63, 3.8) is 0 Å². The van der Waals surface area contributed by atoms with Crippen molar-refractivity contribution in [3.8, 4) is 11.5 Å². The summed E-state index contributed by atoms with van der Waals surface area (Å²) in [5, 5.41) is 0. The van der Waals surface area contributed by atoms with Crippen molar-refractivity contribution in [2.75, 3.05) is 20.8 Å². The molecule has 2 aromatic rings. The molecule has 0 N–H and O–H groups in total. The summed E-state index contributed by atoms with van der Waals surface area (Å²) < 4.78 is 10.7. The van der Waals surface area contributed by atoms with Crippen LogP contribution in [-0.4, -0.2) is 31.4 Å². The minimum absolute atomic E-state index is 0.0666. The van der Waals surface area contributed by atoms with Crippen molar-refractivity contribution in [1.29, 1.82) is 0 Å². The van der Waals surface area contributed by atoms with Crippen molar-refractivity contribution in [3.05, 3.63) is 94.7 Å². The summed E-state index contributed by atoms with van der Waals surface area (Å²) in [6, 6.07) is 14.1. The van der Waals surface area contributed by atoms with Gasteiger partial charge >= 0.3 is 0 Å². The Morgan fingerprint density at radius 1 is 1.07 bits per heavy atom. The van der Waals surface area contributed by atoms with Crippen LogP contribution in [0.1, 0.15) is 21.5 Å². The molecule has 0 saturated carbocycles. The van der Waals surface area contributed by atoms with Gasteiger partial charge in [0.05, 0.1) is 14.2 Å². The van der Waals surface area contributed by atoms with Crippen molar-refractivity contribution in [2.24, 2.45) is 0 Å². The average molecular weight is 373 g/mol. The first-order chi connectivity index (χ1) is 13.7. The number of allylic oxidation sites excluding steroid dienone is 4. The summed E-state index contributed by atoms with van der Waals surface area (Å²) in [5.74, 6) is 1.31. The Kier molecular flexibility index (Phi) is 5.02. The number of hydrogen-bond donors (Lipinski definition) is 0. The Morgan fingerprint density at radius 2 is 1.82 bits per heavy atom. The molecule has 4 heteroatoms. The first-order valence-corrected chi connectivity index (χ1v) is 9.34. The zero-order valence-corrected chi connectivity index (χ0v) is 16.1. The maximum absolute atomic E-state index is 12.8. The van der Waals surface area contributed by atoms with Crippen molar-refractivity contribution >= 4 is 5.78 Å². The van der Waals surface area contributed by atoms with Gasteiger partial charge in [-0.1, -0.05) is 36.4 Å². The topological polar surface area (TPSA) is 38.8 Å². The molecule has 2 aromatic carbocycles. The fourth-order valence-corrected chi connectivity index (χ4v) is 3.64. The number of benzene rings is 2. The lowest BCUT2D eigenvalue weighted by atomic mass is 10.1. The zero-order chi connectivity index (χ0) is 19.5. The molecule has 0 amide bonds. The van der Waals surface area contributed by atoms with Crippen LogP contribution in [0.5, 0.6) is 11.5 Å². The van der Waals surface area contributed by atoms with E-state index >= 15 is 0 Å². The lowest BCUT2D eigenvalue weighted by Crippen LogP contribution is -2.19. The normalized spacial score (nSPS) is 16.9. The summed E-state index contributed by atoms with van der Waals surface area (Å²) in [7, 11) is 3.19. The third-order valence-corrected chi connectivity index (χ3v) is 5.14. The van der Waals surface area contributed by atoms with Gasteiger partial charge in [0.1, 0.15) is 0 Å². The SMILES string of the molecule is COc1cc2c(cc1OC)C(=O)C(=CC1=CCN(Cc3ccccc3)C=C1)C2. The van der Waals surface area contributed by atoms with Crippen LogP contribution in [-0.2, 0) is 13.0 Å². The maximum Gasteiger partial charge on any atom is 0.189 e. The highest BCUT2D eigenvalue weighted by atomic mass is 16.5.